The lowest BCUT2D eigenvalue weighted by atomic mass is 10.1. The van der Waals surface area contributed by atoms with Crippen LogP contribution in [-0.4, -0.2) is 20.1 Å². The monoisotopic (exact) mass is 345 g/mol. The van der Waals surface area contributed by atoms with E-state index in [4.69, 9.17) is 4.98 Å². The first kappa shape index (κ1) is 16.0. The van der Waals surface area contributed by atoms with Crippen LogP contribution < -0.4 is 0 Å². The summed E-state index contributed by atoms with van der Waals surface area (Å²) in [5, 5.41) is 9.65. The van der Waals surface area contributed by atoms with E-state index in [2.05, 4.69) is 9.97 Å². The van der Waals surface area contributed by atoms with Crippen LogP contribution in [0.15, 0.2) is 67.0 Å². The minimum absolute atomic E-state index is 0.214. The fourth-order valence-corrected chi connectivity index (χ4v) is 2.96. The number of nitrogens with one attached hydrogen (secondary N) is 1. The molecule has 0 aliphatic rings. The summed E-state index contributed by atoms with van der Waals surface area (Å²) in [5.74, 6) is 0.615. The number of pyridine rings is 1. The van der Waals surface area contributed by atoms with E-state index in [1.807, 2.05) is 25.1 Å². The van der Waals surface area contributed by atoms with Crippen LogP contribution in [0.2, 0.25) is 0 Å². The minimum atomic E-state index is -0.288. The predicted molar refractivity (Wildman–Crippen MR) is 99.1 cm³/mol. The molecule has 0 bridgehead atoms. The Morgan fingerprint density at radius 2 is 1.65 bits per heavy atom. The van der Waals surface area contributed by atoms with Gasteiger partial charge in [-0.1, -0.05) is 0 Å². The van der Waals surface area contributed by atoms with E-state index < -0.39 is 0 Å². The molecule has 0 radical (unpaired) electrons. The van der Waals surface area contributed by atoms with Crippen LogP contribution in [0.4, 0.5) is 4.39 Å². The number of benzene rings is 2. The lowest BCUT2D eigenvalue weighted by molar-refractivity contribution is 0.475. The third-order valence-electron chi connectivity index (χ3n) is 4.26. The molecule has 0 fully saturated rings. The third-order valence-corrected chi connectivity index (χ3v) is 4.26. The number of phenolic OH excluding ortho intramolecular Hbond substituents is 1. The number of imidazole rings is 1. The Hall–Kier alpha value is -3.47. The molecule has 128 valence electrons. The molecular weight excluding hydrogens is 329 g/mol. The second-order valence-corrected chi connectivity index (χ2v) is 6.05. The molecule has 0 amide bonds. The summed E-state index contributed by atoms with van der Waals surface area (Å²) in [6.07, 6.45) is 3.44. The van der Waals surface area contributed by atoms with Gasteiger partial charge < -0.3 is 10.1 Å². The van der Waals surface area contributed by atoms with Crippen molar-refractivity contribution in [2.45, 2.75) is 6.92 Å². The Bertz CT molecular complexity index is 1060. The van der Waals surface area contributed by atoms with Gasteiger partial charge in [0.15, 0.2) is 0 Å². The zero-order valence-corrected chi connectivity index (χ0v) is 14.1. The van der Waals surface area contributed by atoms with Crippen molar-refractivity contribution in [1.82, 2.24) is 15.0 Å². The average Bonchev–Trinajstić information content (AvgIpc) is 3.08. The Labute approximate surface area is 150 Å². The number of aromatic nitrogens is 3. The molecule has 0 aliphatic carbocycles. The zero-order chi connectivity index (χ0) is 18.1. The van der Waals surface area contributed by atoms with E-state index in [1.54, 1.807) is 36.7 Å². The Morgan fingerprint density at radius 1 is 0.923 bits per heavy atom. The van der Waals surface area contributed by atoms with Crippen LogP contribution in [0.25, 0.3) is 33.9 Å². The number of rotatable bonds is 3. The van der Waals surface area contributed by atoms with Crippen molar-refractivity contribution in [2.24, 2.45) is 0 Å². The second kappa shape index (κ2) is 6.44. The lowest BCUT2D eigenvalue weighted by Gasteiger charge is -2.03. The summed E-state index contributed by atoms with van der Waals surface area (Å²) < 4.78 is 13.3. The molecule has 0 atom stereocenters. The molecule has 0 saturated heterocycles. The number of phenols is 1. The molecule has 2 aromatic carbocycles. The van der Waals surface area contributed by atoms with E-state index in [0.29, 0.717) is 5.82 Å². The highest BCUT2D eigenvalue weighted by Gasteiger charge is 2.16. The van der Waals surface area contributed by atoms with E-state index in [0.717, 1.165) is 33.6 Å². The molecule has 4 aromatic rings. The van der Waals surface area contributed by atoms with Crippen LogP contribution in [0.5, 0.6) is 5.75 Å². The van der Waals surface area contributed by atoms with Crippen LogP contribution in [0, 0.1) is 12.7 Å². The standard InChI is InChI=1S/C21H16FN3O/c1-13-12-17(26)6-7-18(13)21-24-19(14-2-4-16(22)5-3-14)20(25-21)15-8-10-23-11-9-15/h2-12,26H,1H3,(H,24,25). The van der Waals surface area contributed by atoms with Crippen molar-refractivity contribution < 1.29 is 9.50 Å². The minimum Gasteiger partial charge on any atom is -0.508 e. The summed E-state index contributed by atoms with van der Waals surface area (Å²) in [6, 6.07) is 15.2. The van der Waals surface area contributed by atoms with E-state index in [-0.39, 0.29) is 11.6 Å². The first-order chi connectivity index (χ1) is 12.6. The van der Waals surface area contributed by atoms with Crippen molar-refractivity contribution in [3.05, 3.63) is 78.4 Å². The van der Waals surface area contributed by atoms with Gasteiger partial charge in [0, 0.05) is 29.1 Å². The molecule has 0 spiro atoms. The van der Waals surface area contributed by atoms with Gasteiger partial charge in [-0.25, -0.2) is 9.37 Å². The molecule has 0 aliphatic heterocycles. The molecule has 0 saturated carbocycles. The van der Waals surface area contributed by atoms with Crippen molar-refractivity contribution in [3.63, 3.8) is 0 Å². The van der Waals surface area contributed by atoms with E-state index in [9.17, 15) is 9.50 Å². The summed E-state index contributed by atoms with van der Waals surface area (Å²) in [4.78, 5) is 12.2. The molecule has 2 heterocycles. The summed E-state index contributed by atoms with van der Waals surface area (Å²) >= 11 is 0. The number of halogens is 1. The Morgan fingerprint density at radius 3 is 2.35 bits per heavy atom. The van der Waals surface area contributed by atoms with Crippen LogP contribution in [-0.2, 0) is 0 Å². The van der Waals surface area contributed by atoms with Gasteiger partial charge in [0.1, 0.15) is 17.4 Å². The van der Waals surface area contributed by atoms with Gasteiger partial charge in [-0.15, -0.1) is 0 Å². The predicted octanol–water partition coefficient (Wildman–Crippen LogP) is 4.96. The second-order valence-electron chi connectivity index (χ2n) is 6.05. The topological polar surface area (TPSA) is 61.8 Å². The number of hydrogen-bond donors (Lipinski definition) is 2. The van der Waals surface area contributed by atoms with E-state index >= 15 is 0 Å². The van der Waals surface area contributed by atoms with Crippen molar-refractivity contribution in [1.29, 1.82) is 0 Å². The van der Waals surface area contributed by atoms with Gasteiger partial charge in [-0.2, -0.15) is 0 Å². The first-order valence-corrected chi connectivity index (χ1v) is 8.18. The number of H-pyrrole nitrogens is 1. The smallest absolute Gasteiger partial charge is 0.138 e. The molecule has 4 rings (SSSR count). The summed E-state index contributed by atoms with van der Waals surface area (Å²) in [5.41, 5.74) is 5.13. The van der Waals surface area contributed by atoms with Crippen molar-refractivity contribution >= 4 is 0 Å². The fraction of sp³-hybridized carbons (Fsp3) is 0.0476. The third kappa shape index (κ3) is 2.95. The molecule has 2 N–H and O–H groups in total. The number of aromatic hydroxyl groups is 1. The normalized spacial score (nSPS) is 10.8. The maximum absolute atomic E-state index is 13.3. The summed E-state index contributed by atoms with van der Waals surface area (Å²) in [6.45, 7) is 1.92. The molecule has 2 aromatic heterocycles. The van der Waals surface area contributed by atoms with Crippen LogP contribution in [0.3, 0.4) is 0 Å². The average molecular weight is 345 g/mol. The quantitative estimate of drug-likeness (QED) is 0.552. The highest BCUT2D eigenvalue weighted by atomic mass is 19.1. The molecule has 5 heteroatoms. The molecule has 4 nitrogen and oxygen atoms in total. The SMILES string of the molecule is Cc1cc(O)ccc1-c1nc(-c2ccc(F)cc2)c(-c2ccncc2)[nH]1. The summed E-state index contributed by atoms with van der Waals surface area (Å²) in [7, 11) is 0. The molecule has 26 heavy (non-hydrogen) atoms. The van der Waals surface area contributed by atoms with Crippen LogP contribution in [0.1, 0.15) is 5.56 Å². The van der Waals surface area contributed by atoms with E-state index in [1.165, 1.54) is 12.1 Å². The maximum Gasteiger partial charge on any atom is 0.138 e. The van der Waals surface area contributed by atoms with Crippen LogP contribution >= 0.6 is 0 Å². The lowest BCUT2D eigenvalue weighted by Crippen LogP contribution is -1.85. The van der Waals surface area contributed by atoms with Gasteiger partial charge in [0.25, 0.3) is 0 Å². The molecule has 0 unspecified atom stereocenters. The number of nitrogens with zero attached hydrogens (tertiary/aromatic N) is 2. The van der Waals surface area contributed by atoms with Gasteiger partial charge in [0.05, 0.1) is 11.4 Å². The van der Waals surface area contributed by atoms with Crippen molar-refractivity contribution in [2.75, 3.05) is 0 Å². The first-order valence-electron chi connectivity index (χ1n) is 8.18. The number of hydrogen-bond acceptors (Lipinski definition) is 3. The van der Waals surface area contributed by atoms with Gasteiger partial charge in [-0.3, -0.25) is 4.98 Å². The zero-order valence-electron chi connectivity index (χ0n) is 14.1. The highest BCUT2D eigenvalue weighted by molar-refractivity contribution is 5.81. The Kier molecular flexibility index (Phi) is 3.97. The van der Waals surface area contributed by atoms with Gasteiger partial charge in [0.2, 0.25) is 0 Å². The number of aromatic amines is 1. The van der Waals surface area contributed by atoms with Gasteiger partial charge in [-0.05, 0) is 67.1 Å². The number of aryl methyl sites for hydroxylation is 1. The van der Waals surface area contributed by atoms with Gasteiger partial charge >= 0.3 is 0 Å². The molecular formula is C21H16FN3O. The van der Waals surface area contributed by atoms with Crippen molar-refractivity contribution in [3.8, 4) is 39.7 Å². The highest BCUT2D eigenvalue weighted by Crippen LogP contribution is 2.34. The Balaban J connectivity index is 1.91. The fourth-order valence-electron chi connectivity index (χ4n) is 2.96. The largest absolute Gasteiger partial charge is 0.508 e. The maximum atomic E-state index is 13.3.